The van der Waals surface area contributed by atoms with Crippen LogP contribution in [0, 0.1) is 0 Å². The molecule has 1 aromatic heterocycles. The summed E-state index contributed by atoms with van der Waals surface area (Å²) in [5, 5.41) is 15.2. The van der Waals surface area contributed by atoms with Gasteiger partial charge in [0.25, 0.3) is 0 Å². The number of amides is 1. The van der Waals surface area contributed by atoms with E-state index in [1.54, 1.807) is 23.3 Å². The monoisotopic (exact) mass is 256 g/mol. The predicted octanol–water partition coefficient (Wildman–Crippen LogP) is 0.771. The molecule has 1 amide bonds. The number of carbonyl (C=O) groups is 2. The zero-order chi connectivity index (χ0) is 12.7. The Morgan fingerprint density at radius 3 is 2.88 bits per heavy atom. The number of nitrogens with zero attached hydrogens (tertiary/aromatic N) is 1. The van der Waals surface area contributed by atoms with Crippen molar-refractivity contribution in [2.24, 2.45) is 0 Å². The van der Waals surface area contributed by atoms with Gasteiger partial charge in [0.2, 0.25) is 5.91 Å². The van der Waals surface area contributed by atoms with Crippen LogP contribution < -0.4 is 5.32 Å². The average Bonchev–Trinajstić information content (AvgIpc) is 2.76. The minimum Gasteiger partial charge on any atom is -0.481 e. The van der Waals surface area contributed by atoms with E-state index in [9.17, 15) is 9.59 Å². The van der Waals surface area contributed by atoms with Gasteiger partial charge in [-0.3, -0.25) is 9.59 Å². The van der Waals surface area contributed by atoms with Crippen molar-refractivity contribution in [1.82, 2.24) is 10.2 Å². The van der Waals surface area contributed by atoms with Gasteiger partial charge in [-0.1, -0.05) is 0 Å². The van der Waals surface area contributed by atoms with Crippen LogP contribution in [0.25, 0.3) is 0 Å². The van der Waals surface area contributed by atoms with Crippen LogP contribution in [0.3, 0.4) is 0 Å². The average molecular weight is 256 g/mol. The number of likely N-dealkylation sites (N-methyl/N-ethyl adjacent to an activating group) is 1. The number of rotatable bonds is 7. The fourth-order valence-electron chi connectivity index (χ4n) is 1.27. The quantitative estimate of drug-likeness (QED) is 0.707. The molecule has 0 unspecified atom stereocenters. The summed E-state index contributed by atoms with van der Waals surface area (Å²) in [6.45, 7) is 1.07. The van der Waals surface area contributed by atoms with Gasteiger partial charge in [-0.05, 0) is 22.4 Å². The molecule has 0 bridgehead atoms. The Kier molecular flexibility index (Phi) is 5.65. The third-order valence-electron chi connectivity index (χ3n) is 2.22. The highest BCUT2D eigenvalue weighted by Crippen LogP contribution is 2.08. The van der Waals surface area contributed by atoms with Gasteiger partial charge >= 0.3 is 5.97 Å². The Labute approximate surface area is 104 Å². The third-order valence-corrected chi connectivity index (χ3v) is 2.95. The van der Waals surface area contributed by atoms with E-state index in [0.29, 0.717) is 13.1 Å². The van der Waals surface area contributed by atoms with Gasteiger partial charge in [-0.2, -0.15) is 11.3 Å². The molecular weight excluding hydrogens is 240 g/mol. The van der Waals surface area contributed by atoms with Crippen LogP contribution >= 0.6 is 11.3 Å². The van der Waals surface area contributed by atoms with Crippen molar-refractivity contribution in [3.8, 4) is 0 Å². The molecule has 0 aliphatic heterocycles. The summed E-state index contributed by atoms with van der Waals surface area (Å²) >= 11 is 1.60. The number of nitrogens with one attached hydrogen (secondary N) is 1. The van der Waals surface area contributed by atoms with Crippen molar-refractivity contribution in [3.63, 3.8) is 0 Å². The molecule has 1 aromatic rings. The minimum atomic E-state index is -0.864. The molecule has 0 saturated carbocycles. The molecule has 5 nitrogen and oxygen atoms in total. The summed E-state index contributed by atoms with van der Waals surface area (Å²) in [4.78, 5) is 23.5. The van der Waals surface area contributed by atoms with Crippen molar-refractivity contribution in [2.75, 3.05) is 20.1 Å². The lowest BCUT2D eigenvalue weighted by Crippen LogP contribution is -2.35. The number of carboxylic acid groups (broad SMARTS) is 1. The Morgan fingerprint density at radius 1 is 1.53 bits per heavy atom. The lowest BCUT2D eigenvalue weighted by Gasteiger charge is -2.16. The Morgan fingerprint density at radius 2 is 2.29 bits per heavy atom. The van der Waals surface area contributed by atoms with Crippen molar-refractivity contribution in [1.29, 1.82) is 0 Å². The maximum Gasteiger partial charge on any atom is 0.304 e. The van der Waals surface area contributed by atoms with Gasteiger partial charge < -0.3 is 15.3 Å². The molecule has 6 heteroatoms. The van der Waals surface area contributed by atoms with Crippen molar-refractivity contribution < 1.29 is 14.7 Å². The maximum atomic E-state index is 11.6. The number of carbonyl (C=O) groups excluding carboxylic acids is 1. The topological polar surface area (TPSA) is 69.6 Å². The molecule has 1 heterocycles. The number of thiophene rings is 1. The maximum absolute atomic E-state index is 11.6. The van der Waals surface area contributed by atoms with Crippen LogP contribution in [0.15, 0.2) is 16.8 Å². The molecule has 0 aromatic carbocycles. The minimum absolute atomic E-state index is 0.0293. The lowest BCUT2D eigenvalue weighted by molar-refractivity contribution is -0.137. The number of hydrogen-bond acceptors (Lipinski definition) is 4. The van der Waals surface area contributed by atoms with Crippen LogP contribution in [0.1, 0.15) is 12.0 Å². The highest BCUT2D eigenvalue weighted by Gasteiger charge is 2.09. The fraction of sp³-hybridized carbons (Fsp3) is 0.455. The Hall–Kier alpha value is -1.40. The Bertz CT molecular complexity index is 365. The molecule has 0 fully saturated rings. The first-order valence-corrected chi connectivity index (χ1v) is 6.21. The molecule has 0 atom stereocenters. The zero-order valence-corrected chi connectivity index (χ0v) is 10.5. The number of hydrogen-bond donors (Lipinski definition) is 2. The summed E-state index contributed by atoms with van der Waals surface area (Å²) in [6, 6.07) is 1.98. The van der Waals surface area contributed by atoms with E-state index in [0.717, 1.165) is 5.56 Å². The summed E-state index contributed by atoms with van der Waals surface area (Å²) in [6.07, 6.45) is 0.0293. The van der Waals surface area contributed by atoms with Crippen LogP contribution in [0.2, 0.25) is 0 Å². The largest absolute Gasteiger partial charge is 0.481 e. The van der Waals surface area contributed by atoms with Gasteiger partial charge in [0, 0.05) is 20.1 Å². The fourth-order valence-corrected chi connectivity index (χ4v) is 1.93. The van der Waals surface area contributed by atoms with Gasteiger partial charge in [0.1, 0.15) is 0 Å². The molecule has 0 aliphatic carbocycles. The van der Waals surface area contributed by atoms with Crippen molar-refractivity contribution >= 4 is 23.2 Å². The van der Waals surface area contributed by atoms with E-state index in [1.807, 2.05) is 16.8 Å². The van der Waals surface area contributed by atoms with E-state index in [-0.39, 0.29) is 18.9 Å². The van der Waals surface area contributed by atoms with Crippen LogP contribution in [-0.2, 0) is 16.1 Å². The second kappa shape index (κ2) is 7.03. The number of carboxylic acids is 1. The van der Waals surface area contributed by atoms with Crippen molar-refractivity contribution in [2.45, 2.75) is 13.0 Å². The molecule has 2 N–H and O–H groups in total. The molecule has 94 valence electrons. The first-order valence-electron chi connectivity index (χ1n) is 5.27. The highest BCUT2D eigenvalue weighted by atomic mass is 32.1. The first-order chi connectivity index (χ1) is 8.09. The molecular formula is C11H16N2O3S. The molecule has 0 radical (unpaired) electrons. The summed E-state index contributed by atoms with van der Waals surface area (Å²) in [7, 11) is 1.73. The van der Waals surface area contributed by atoms with Gasteiger partial charge in [-0.15, -0.1) is 0 Å². The van der Waals surface area contributed by atoms with Crippen molar-refractivity contribution in [3.05, 3.63) is 22.4 Å². The van der Waals surface area contributed by atoms with E-state index >= 15 is 0 Å². The van der Waals surface area contributed by atoms with Crippen LogP contribution in [0.4, 0.5) is 0 Å². The molecule has 0 aliphatic rings. The van der Waals surface area contributed by atoms with Gasteiger partial charge in [0.05, 0.1) is 13.0 Å². The second-order valence-electron chi connectivity index (χ2n) is 3.70. The molecule has 1 rings (SSSR count). The SMILES string of the molecule is CN(Cc1ccsc1)C(=O)CNCCC(=O)O. The Balaban J connectivity index is 2.20. The van der Waals surface area contributed by atoms with Crippen LogP contribution in [0.5, 0.6) is 0 Å². The third kappa shape index (κ3) is 5.46. The van der Waals surface area contributed by atoms with E-state index in [1.165, 1.54) is 0 Å². The van der Waals surface area contributed by atoms with E-state index in [2.05, 4.69) is 5.32 Å². The summed E-state index contributed by atoms with van der Waals surface area (Å²) in [5.41, 5.74) is 1.11. The predicted molar refractivity (Wildman–Crippen MR) is 65.9 cm³/mol. The standard InChI is InChI=1S/C11H16N2O3S/c1-13(7-9-3-5-17-8-9)10(14)6-12-4-2-11(15)16/h3,5,8,12H,2,4,6-7H2,1H3,(H,15,16). The van der Waals surface area contributed by atoms with Crippen LogP contribution in [-0.4, -0.2) is 42.0 Å². The summed E-state index contributed by atoms with van der Waals surface area (Å²) < 4.78 is 0. The van der Waals surface area contributed by atoms with Gasteiger partial charge in [0.15, 0.2) is 0 Å². The molecule has 0 saturated heterocycles. The van der Waals surface area contributed by atoms with Gasteiger partial charge in [-0.25, -0.2) is 0 Å². The summed E-state index contributed by atoms with van der Waals surface area (Å²) in [5.74, 6) is -0.904. The van der Waals surface area contributed by atoms with E-state index in [4.69, 9.17) is 5.11 Å². The number of aliphatic carboxylic acids is 1. The molecule has 17 heavy (non-hydrogen) atoms. The first kappa shape index (κ1) is 13.7. The molecule has 0 spiro atoms. The second-order valence-corrected chi connectivity index (χ2v) is 4.48. The normalized spacial score (nSPS) is 10.2. The smallest absolute Gasteiger partial charge is 0.304 e. The highest BCUT2D eigenvalue weighted by molar-refractivity contribution is 7.07. The lowest BCUT2D eigenvalue weighted by atomic mass is 10.3. The van der Waals surface area contributed by atoms with E-state index < -0.39 is 5.97 Å². The zero-order valence-electron chi connectivity index (χ0n) is 9.68.